The summed E-state index contributed by atoms with van der Waals surface area (Å²) in [6, 6.07) is 11.3. The monoisotopic (exact) mass is 356 g/mol. The molecule has 1 aromatic heterocycles. The van der Waals surface area contributed by atoms with Crippen LogP contribution in [-0.4, -0.2) is 41.7 Å². The van der Waals surface area contributed by atoms with Crippen molar-refractivity contribution in [3.63, 3.8) is 0 Å². The number of fused-ring (bicyclic) bond motifs is 4. The van der Waals surface area contributed by atoms with Gasteiger partial charge in [0.1, 0.15) is 12.4 Å². The normalized spacial score (nSPS) is 21.9. The first-order valence-corrected chi connectivity index (χ1v) is 8.95. The Balaban J connectivity index is 1.36. The summed E-state index contributed by atoms with van der Waals surface area (Å²) in [5.74, 6) is -0.424. The van der Waals surface area contributed by atoms with Crippen LogP contribution in [0.3, 0.4) is 0 Å². The maximum Gasteiger partial charge on any atom is 0.341 e. The zero-order valence-corrected chi connectivity index (χ0v) is 14.4. The summed E-state index contributed by atoms with van der Waals surface area (Å²) in [5.41, 5.74) is 1.14. The van der Waals surface area contributed by atoms with E-state index >= 15 is 0 Å². The summed E-state index contributed by atoms with van der Waals surface area (Å²) < 4.78 is 20.8. The van der Waals surface area contributed by atoms with Gasteiger partial charge < -0.3 is 9.30 Å². The fourth-order valence-corrected chi connectivity index (χ4v) is 4.15. The van der Waals surface area contributed by atoms with Crippen LogP contribution in [0.2, 0.25) is 0 Å². The average molecular weight is 356 g/mol. The molecule has 2 bridgehead atoms. The first-order chi connectivity index (χ1) is 12.6. The Hall–Kier alpha value is -2.47. The second-order valence-electron chi connectivity index (χ2n) is 7.07. The molecule has 2 aliphatic heterocycles. The molecule has 3 heterocycles. The van der Waals surface area contributed by atoms with Gasteiger partial charge in [-0.15, -0.1) is 0 Å². The second-order valence-corrected chi connectivity index (χ2v) is 7.07. The number of nitrogens with zero attached hydrogens (tertiary/aromatic N) is 2. The zero-order chi connectivity index (χ0) is 18.1. The minimum atomic E-state index is -0.628. The maximum atomic E-state index is 13.6. The van der Waals surface area contributed by atoms with Gasteiger partial charge in [0.2, 0.25) is 0 Å². The van der Waals surface area contributed by atoms with Crippen molar-refractivity contribution in [3.05, 3.63) is 69.9 Å². The molecule has 0 radical (unpaired) electrons. The molecule has 2 aromatic rings. The summed E-state index contributed by atoms with van der Waals surface area (Å²) in [6.45, 7) is 3.32. The first-order valence-electron chi connectivity index (χ1n) is 8.95. The Labute approximate surface area is 151 Å². The molecular formula is C20H21FN2O3. The smallest absolute Gasteiger partial charge is 0.341 e. The molecule has 136 valence electrons. The molecule has 1 fully saturated rings. The van der Waals surface area contributed by atoms with Crippen molar-refractivity contribution in [1.82, 2.24) is 9.47 Å². The Morgan fingerprint density at radius 2 is 1.96 bits per heavy atom. The van der Waals surface area contributed by atoms with E-state index in [1.165, 1.54) is 12.1 Å². The molecule has 0 amide bonds. The molecule has 6 heteroatoms. The van der Waals surface area contributed by atoms with Crippen molar-refractivity contribution < 1.29 is 13.9 Å². The lowest BCUT2D eigenvalue weighted by Gasteiger charge is -2.42. The molecule has 26 heavy (non-hydrogen) atoms. The van der Waals surface area contributed by atoms with E-state index in [9.17, 15) is 14.0 Å². The van der Waals surface area contributed by atoms with Gasteiger partial charge in [-0.2, -0.15) is 0 Å². The number of aromatic nitrogens is 1. The number of hydrogen-bond acceptors (Lipinski definition) is 4. The molecule has 5 nitrogen and oxygen atoms in total. The number of ether oxygens (including phenoxy) is 1. The van der Waals surface area contributed by atoms with Gasteiger partial charge in [-0.1, -0.05) is 18.2 Å². The fourth-order valence-electron chi connectivity index (χ4n) is 4.15. The van der Waals surface area contributed by atoms with E-state index in [4.69, 9.17) is 4.74 Å². The van der Waals surface area contributed by atoms with Crippen molar-refractivity contribution in [2.24, 2.45) is 5.92 Å². The quantitative estimate of drug-likeness (QED) is 0.789. The minimum Gasteiger partial charge on any atom is -0.461 e. The van der Waals surface area contributed by atoms with Crippen molar-refractivity contribution in [2.45, 2.75) is 18.9 Å². The van der Waals surface area contributed by atoms with Crippen LogP contribution in [0.5, 0.6) is 0 Å². The third-order valence-corrected chi connectivity index (χ3v) is 5.29. The molecule has 0 aliphatic carbocycles. The molecule has 0 N–H and O–H groups in total. The summed E-state index contributed by atoms with van der Waals surface area (Å²) >= 11 is 0. The summed E-state index contributed by atoms with van der Waals surface area (Å²) in [6.07, 6.45) is 1.09. The minimum absolute atomic E-state index is 0.0312. The number of rotatable bonds is 4. The molecule has 0 spiro atoms. The number of benzene rings is 1. The molecule has 2 aliphatic rings. The van der Waals surface area contributed by atoms with Gasteiger partial charge >= 0.3 is 5.97 Å². The Morgan fingerprint density at radius 1 is 1.12 bits per heavy atom. The van der Waals surface area contributed by atoms with E-state index < -0.39 is 11.8 Å². The largest absolute Gasteiger partial charge is 0.461 e. The zero-order valence-electron chi connectivity index (χ0n) is 14.4. The second kappa shape index (κ2) is 7.03. The number of halogens is 1. The van der Waals surface area contributed by atoms with Gasteiger partial charge in [-0.05, 0) is 30.5 Å². The molecular weight excluding hydrogens is 335 g/mol. The van der Waals surface area contributed by atoms with Gasteiger partial charge in [0.15, 0.2) is 0 Å². The van der Waals surface area contributed by atoms with Crippen LogP contribution in [0.4, 0.5) is 4.39 Å². The standard InChI is InChI=1S/C20H21FN2O3/c21-17-5-2-1-4-16(17)20(25)26-9-8-22-11-14-10-15(13-22)18-6-3-7-19(24)23(18)12-14/h1-7,14-15H,8-13H2/t14-,15+/m0/s1. The van der Waals surface area contributed by atoms with Gasteiger partial charge in [0.25, 0.3) is 5.56 Å². The fraction of sp³-hybridized carbons (Fsp3) is 0.400. The van der Waals surface area contributed by atoms with E-state index in [2.05, 4.69) is 4.90 Å². The van der Waals surface area contributed by atoms with Crippen LogP contribution in [-0.2, 0) is 11.3 Å². The predicted octanol–water partition coefficient (Wildman–Crippen LogP) is 2.26. The topological polar surface area (TPSA) is 51.5 Å². The van der Waals surface area contributed by atoms with E-state index in [1.807, 2.05) is 16.7 Å². The highest BCUT2D eigenvalue weighted by Crippen LogP contribution is 2.34. The summed E-state index contributed by atoms with van der Waals surface area (Å²) in [7, 11) is 0. The number of pyridine rings is 1. The Kier molecular flexibility index (Phi) is 4.59. The van der Waals surface area contributed by atoms with E-state index in [0.717, 1.165) is 31.7 Å². The Morgan fingerprint density at radius 3 is 2.81 bits per heavy atom. The highest BCUT2D eigenvalue weighted by molar-refractivity contribution is 5.89. The van der Waals surface area contributed by atoms with Gasteiger partial charge in [-0.25, -0.2) is 9.18 Å². The molecule has 1 saturated heterocycles. The van der Waals surface area contributed by atoms with E-state index in [1.54, 1.807) is 18.2 Å². The molecule has 0 saturated carbocycles. The van der Waals surface area contributed by atoms with Crippen molar-refractivity contribution in [1.29, 1.82) is 0 Å². The van der Waals surface area contributed by atoms with Crippen molar-refractivity contribution in [3.8, 4) is 0 Å². The Bertz CT molecular complexity index is 879. The third-order valence-electron chi connectivity index (χ3n) is 5.29. The lowest BCUT2D eigenvalue weighted by atomic mass is 9.83. The summed E-state index contributed by atoms with van der Waals surface area (Å²) in [4.78, 5) is 26.3. The van der Waals surface area contributed by atoms with Crippen LogP contribution in [0.15, 0.2) is 47.3 Å². The van der Waals surface area contributed by atoms with Gasteiger partial charge in [0, 0.05) is 43.9 Å². The summed E-state index contributed by atoms with van der Waals surface area (Å²) in [5, 5.41) is 0. The first kappa shape index (κ1) is 17.0. The lowest BCUT2D eigenvalue weighted by molar-refractivity contribution is 0.0398. The SMILES string of the molecule is O=C(OCCN1C[C@@H]2C[C@H](C1)c1cccc(=O)n1C2)c1ccccc1F. The number of likely N-dealkylation sites (tertiary alicyclic amines) is 1. The van der Waals surface area contributed by atoms with E-state index in [-0.39, 0.29) is 17.7 Å². The highest BCUT2D eigenvalue weighted by atomic mass is 19.1. The van der Waals surface area contributed by atoms with Crippen LogP contribution in [0, 0.1) is 11.7 Å². The molecule has 1 aromatic carbocycles. The number of carbonyl (C=O) groups is 1. The number of hydrogen-bond donors (Lipinski definition) is 0. The number of carbonyl (C=O) groups excluding carboxylic acids is 1. The van der Waals surface area contributed by atoms with Crippen LogP contribution >= 0.6 is 0 Å². The molecule has 4 rings (SSSR count). The third kappa shape index (κ3) is 3.29. The number of esters is 1. The maximum absolute atomic E-state index is 13.6. The number of piperidine rings is 1. The van der Waals surface area contributed by atoms with Crippen molar-refractivity contribution >= 4 is 5.97 Å². The highest BCUT2D eigenvalue weighted by Gasteiger charge is 2.34. The van der Waals surface area contributed by atoms with Crippen LogP contribution in [0.25, 0.3) is 0 Å². The average Bonchev–Trinajstić information content (AvgIpc) is 2.63. The van der Waals surface area contributed by atoms with Crippen molar-refractivity contribution in [2.75, 3.05) is 26.2 Å². The molecule has 0 unspecified atom stereocenters. The van der Waals surface area contributed by atoms with Gasteiger partial charge in [-0.3, -0.25) is 9.69 Å². The van der Waals surface area contributed by atoms with Crippen LogP contribution < -0.4 is 5.56 Å². The van der Waals surface area contributed by atoms with Crippen LogP contribution in [0.1, 0.15) is 28.4 Å². The lowest BCUT2D eigenvalue weighted by Crippen LogP contribution is -2.47. The van der Waals surface area contributed by atoms with Gasteiger partial charge in [0.05, 0.1) is 5.56 Å². The molecule has 2 atom stereocenters. The predicted molar refractivity (Wildman–Crippen MR) is 94.7 cm³/mol. The van der Waals surface area contributed by atoms with E-state index in [0.29, 0.717) is 18.4 Å².